The Morgan fingerprint density at radius 1 is 1.21 bits per heavy atom. The molecule has 0 bridgehead atoms. The van der Waals surface area contributed by atoms with Crippen molar-refractivity contribution in [1.82, 2.24) is 15.0 Å². The van der Waals surface area contributed by atoms with Gasteiger partial charge in [0, 0.05) is 10.7 Å². The largest absolute Gasteiger partial charge is 0.384 e. The van der Waals surface area contributed by atoms with Crippen LogP contribution in [0, 0.1) is 0 Å². The van der Waals surface area contributed by atoms with Gasteiger partial charge in [-0.25, -0.2) is 9.97 Å². The number of H-pyrrole nitrogens is 1. The molecule has 0 aliphatic carbocycles. The maximum Gasteiger partial charge on any atom is 0.179 e. The number of rotatable bonds is 3. The standard InChI is InChI=1S/C13H12ClN5/c14-8-2-1-3-9(6-8)16-7-12-17-10-4-5-11(15)18-13(10)19-12/h1-6,16H,7H2,(H3,15,17,18,19). The van der Waals surface area contributed by atoms with Crippen LogP contribution in [-0.2, 0) is 6.54 Å². The summed E-state index contributed by atoms with van der Waals surface area (Å²) in [4.78, 5) is 11.7. The Balaban J connectivity index is 1.78. The second-order valence-corrected chi connectivity index (χ2v) is 4.59. The Morgan fingerprint density at radius 2 is 2.11 bits per heavy atom. The topological polar surface area (TPSA) is 79.6 Å². The number of nitrogens with zero attached hydrogens (tertiary/aromatic N) is 2. The van der Waals surface area contributed by atoms with Crippen molar-refractivity contribution in [2.24, 2.45) is 0 Å². The molecular weight excluding hydrogens is 262 g/mol. The molecule has 0 saturated heterocycles. The molecule has 0 aliphatic heterocycles. The van der Waals surface area contributed by atoms with Crippen molar-refractivity contribution < 1.29 is 0 Å². The van der Waals surface area contributed by atoms with Crippen LogP contribution in [0.25, 0.3) is 11.2 Å². The summed E-state index contributed by atoms with van der Waals surface area (Å²) in [5.74, 6) is 1.27. The maximum absolute atomic E-state index is 5.92. The number of halogens is 1. The lowest BCUT2D eigenvalue weighted by atomic mass is 10.3. The highest BCUT2D eigenvalue weighted by atomic mass is 35.5. The molecule has 6 heteroatoms. The second-order valence-electron chi connectivity index (χ2n) is 4.15. The van der Waals surface area contributed by atoms with E-state index in [1.54, 1.807) is 6.07 Å². The zero-order valence-electron chi connectivity index (χ0n) is 10.0. The van der Waals surface area contributed by atoms with Crippen molar-refractivity contribution in [3.05, 3.63) is 47.2 Å². The molecule has 19 heavy (non-hydrogen) atoms. The summed E-state index contributed by atoms with van der Waals surface area (Å²) in [5.41, 5.74) is 8.06. The van der Waals surface area contributed by atoms with E-state index in [-0.39, 0.29) is 0 Å². The van der Waals surface area contributed by atoms with Crippen molar-refractivity contribution >= 4 is 34.3 Å². The highest BCUT2D eigenvalue weighted by Gasteiger charge is 2.04. The van der Waals surface area contributed by atoms with Crippen LogP contribution in [0.15, 0.2) is 36.4 Å². The van der Waals surface area contributed by atoms with Gasteiger partial charge in [-0.15, -0.1) is 0 Å². The summed E-state index contributed by atoms with van der Waals surface area (Å²) in [6.07, 6.45) is 0. The number of imidazole rings is 1. The predicted octanol–water partition coefficient (Wildman–Crippen LogP) is 2.81. The normalized spacial score (nSPS) is 10.8. The summed E-state index contributed by atoms with van der Waals surface area (Å²) in [6, 6.07) is 11.2. The molecule has 0 spiro atoms. The van der Waals surface area contributed by atoms with Gasteiger partial charge in [0.15, 0.2) is 5.65 Å². The molecule has 3 aromatic rings. The molecule has 0 saturated carbocycles. The summed E-state index contributed by atoms with van der Waals surface area (Å²) in [5, 5.41) is 3.94. The van der Waals surface area contributed by atoms with Crippen LogP contribution in [0.4, 0.5) is 11.5 Å². The zero-order chi connectivity index (χ0) is 13.2. The van der Waals surface area contributed by atoms with E-state index in [4.69, 9.17) is 17.3 Å². The third-order valence-corrected chi connectivity index (χ3v) is 2.94. The van der Waals surface area contributed by atoms with Crippen molar-refractivity contribution in [3.63, 3.8) is 0 Å². The van der Waals surface area contributed by atoms with E-state index < -0.39 is 0 Å². The summed E-state index contributed by atoms with van der Waals surface area (Å²) < 4.78 is 0. The Kier molecular flexibility index (Phi) is 2.97. The number of benzene rings is 1. The molecule has 0 atom stereocenters. The fourth-order valence-electron chi connectivity index (χ4n) is 1.83. The monoisotopic (exact) mass is 273 g/mol. The van der Waals surface area contributed by atoms with E-state index >= 15 is 0 Å². The van der Waals surface area contributed by atoms with Gasteiger partial charge < -0.3 is 16.0 Å². The predicted molar refractivity (Wildman–Crippen MR) is 77.1 cm³/mol. The van der Waals surface area contributed by atoms with Crippen LogP contribution >= 0.6 is 11.6 Å². The molecule has 5 nitrogen and oxygen atoms in total. The molecule has 3 rings (SSSR count). The molecule has 4 N–H and O–H groups in total. The fourth-order valence-corrected chi connectivity index (χ4v) is 2.02. The van der Waals surface area contributed by atoms with Gasteiger partial charge in [-0.1, -0.05) is 17.7 Å². The van der Waals surface area contributed by atoms with Crippen LogP contribution in [-0.4, -0.2) is 15.0 Å². The number of anilines is 2. The van der Waals surface area contributed by atoms with Crippen molar-refractivity contribution in [3.8, 4) is 0 Å². The number of fused-ring (bicyclic) bond motifs is 1. The number of aromatic nitrogens is 3. The lowest BCUT2D eigenvalue weighted by Crippen LogP contribution is -2.00. The number of hydrogen-bond acceptors (Lipinski definition) is 4. The first-order valence-electron chi connectivity index (χ1n) is 5.81. The molecule has 2 heterocycles. The first-order chi connectivity index (χ1) is 9.20. The van der Waals surface area contributed by atoms with Gasteiger partial charge in [0.25, 0.3) is 0 Å². The minimum absolute atomic E-state index is 0.466. The van der Waals surface area contributed by atoms with Crippen LogP contribution in [0.2, 0.25) is 5.02 Å². The number of nitrogen functional groups attached to an aromatic ring is 1. The van der Waals surface area contributed by atoms with Gasteiger partial charge >= 0.3 is 0 Å². The van der Waals surface area contributed by atoms with Crippen LogP contribution < -0.4 is 11.1 Å². The number of pyridine rings is 1. The Morgan fingerprint density at radius 3 is 2.95 bits per heavy atom. The minimum Gasteiger partial charge on any atom is -0.384 e. The first kappa shape index (κ1) is 11.8. The van der Waals surface area contributed by atoms with E-state index in [2.05, 4.69) is 20.3 Å². The number of nitrogens with one attached hydrogen (secondary N) is 2. The van der Waals surface area contributed by atoms with E-state index in [1.165, 1.54) is 0 Å². The molecule has 0 aliphatic rings. The third kappa shape index (κ3) is 2.61. The first-order valence-corrected chi connectivity index (χ1v) is 6.19. The van der Waals surface area contributed by atoms with Gasteiger partial charge in [-0.3, -0.25) is 0 Å². The maximum atomic E-state index is 5.92. The van der Waals surface area contributed by atoms with Crippen LogP contribution in [0.1, 0.15) is 5.82 Å². The SMILES string of the molecule is Nc1ccc2[nH]c(CNc3cccc(Cl)c3)nc2n1. The second kappa shape index (κ2) is 4.78. The zero-order valence-corrected chi connectivity index (χ0v) is 10.8. The Labute approximate surface area is 114 Å². The molecular formula is C13H12ClN5. The average Bonchev–Trinajstić information content (AvgIpc) is 2.78. The molecule has 0 radical (unpaired) electrons. The van der Waals surface area contributed by atoms with Gasteiger partial charge in [-0.05, 0) is 30.3 Å². The number of nitrogens with two attached hydrogens (primary N) is 1. The quantitative estimate of drug-likeness (QED) is 0.685. The van der Waals surface area contributed by atoms with E-state index in [1.807, 2.05) is 30.3 Å². The highest BCUT2D eigenvalue weighted by molar-refractivity contribution is 6.30. The van der Waals surface area contributed by atoms with Crippen LogP contribution in [0.5, 0.6) is 0 Å². The molecule has 0 fully saturated rings. The molecule has 2 aromatic heterocycles. The third-order valence-electron chi connectivity index (χ3n) is 2.70. The fraction of sp³-hybridized carbons (Fsp3) is 0.0769. The van der Waals surface area contributed by atoms with E-state index in [0.29, 0.717) is 23.0 Å². The highest BCUT2D eigenvalue weighted by Crippen LogP contribution is 2.16. The van der Waals surface area contributed by atoms with E-state index in [9.17, 15) is 0 Å². The lowest BCUT2D eigenvalue weighted by molar-refractivity contribution is 1.01. The Hall–Kier alpha value is -2.27. The van der Waals surface area contributed by atoms with Crippen molar-refractivity contribution in [2.45, 2.75) is 6.54 Å². The van der Waals surface area contributed by atoms with Crippen molar-refractivity contribution in [2.75, 3.05) is 11.1 Å². The van der Waals surface area contributed by atoms with Crippen LogP contribution in [0.3, 0.4) is 0 Å². The van der Waals surface area contributed by atoms with Gasteiger partial charge in [0.05, 0.1) is 12.1 Å². The van der Waals surface area contributed by atoms with Crippen molar-refractivity contribution in [1.29, 1.82) is 0 Å². The summed E-state index contributed by atoms with van der Waals surface area (Å²) in [6.45, 7) is 0.566. The van der Waals surface area contributed by atoms with Gasteiger partial charge in [-0.2, -0.15) is 0 Å². The van der Waals surface area contributed by atoms with Gasteiger partial charge in [0.2, 0.25) is 0 Å². The molecule has 1 aromatic carbocycles. The lowest BCUT2D eigenvalue weighted by Gasteiger charge is -2.03. The number of hydrogen-bond donors (Lipinski definition) is 3. The molecule has 0 unspecified atom stereocenters. The van der Waals surface area contributed by atoms with Gasteiger partial charge in [0.1, 0.15) is 11.6 Å². The summed E-state index contributed by atoms with van der Waals surface area (Å²) >= 11 is 5.92. The average molecular weight is 274 g/mol. The summed E-state index contributed by atoms with van der Waals surface area (Å²) in [7, 11) is 0. The molecule has 96 valence electrons. The smallest absolute Gasteiger partial charge is 0.179 e. The minimum atomic E-state index is 0.466. The van der Waals surface area contributed by atoms with E-state index in [0.717, 1.165) is 17.0 Å². The Bertz CT molecular complexity index is 722. The molecule has 0 amide bonds. The number of aromatic amines is 1.